The van der Waals surface area contributed by atoms with Gasteiger partial charge >= 0.3 is 11.8 Å². The van der Waals surface area contributed by atoms with Crippen molar-refractivity contribution >= 4 is 45.4 Å². The molecule has 13 heteroatoms. The molecule has 0 aliphatic carbocycles. The Balaban J connectivity index is 1.75. The van der Waals surface area contributed by atoms with Gasteiger partial charge in [0.25, 0.3) is 11.1 Å². The first-order valence-electron chi connectivity index (χ1n) is 14.4. The number of aromatic nitrogens is 3. The Morgan fingerprint density at radius 1 is 0.979 bits per heavy atom. The number of anilines is 1. The predicted octanol–water partition coefficient (Wildman–Crippen LogP) is 6.10. The summed E-state index contributed by atoms with van der Waals surface area (Å²) in [5, 5.41) is 2.55. The zero-order valence-electron chi connectivity index (χ0n) is 26.5. The Labute approximate surface area is 282 Å². The van der Waals surface area contributed by atoms with Crippen molar-refractivity contribution in [2.45, 2.75) is 39.8 Å². The van der Waals surface area contributed by atoms with Crippen LogP contribution in [0.5, 0.6) is 17.2 Å². The van der Waals surface area contributed by atoms with Crippen LogP contribution in [0.1, 0.15) is 31.9 Å². The molecule has 0 aliphatic rings. The smallest absolute Gasteiger partial charge is 0.412 e. The van der Waals surface area contributed by atoms with Crippen LogP contribution in [0.3, 0.4) is 0 Å². The molecule has 3 aromatic carbocycles. The summed E-state index contributed by atoms with van der Waals surface area (Å²) >= 11 is 1.95. The third kappa shape index (κ3) is 6.94. The van der Waals surface area contributed by atoms with Crippen molar-refractivity contribution in [2.24, 2.45) is 7.05 Å². The molecule has 0 spiro atoms. The summed E-state index contributed by atoms with van der Waals surface area (Å²) in [6, 6.07) is 17.1. The normalized spacial score (nSPS) is 11.4. The largest absolute Gasteiger partial charge is 0.497 e. The summed E-state index contributed by atoms with van der Waals surface area (Å²) in [4.78, 5) is 54.2. The molecule has 0 radical (unpaired) electrons. The van der Waals surface area contributed by atoms with E-state index in [1.54, 1.807) is 76.2 Å². The van der Waals surface area contributed by atoms with Crippen LogP contribution >= 0.6 is 22.6 Å². The lowest BCUT2D eigenvalue weighted by atomic mass is 10.1. The van der Waals surface area contributed by atoms with Gasteiger partial charge in [-0.05, 0) is 98.3 Å². The Morgan fingerprint density at radius 3 is 2.32 bits per heavy atom. The van der Waals surface area contributed by atoms with E-state index in [1.165, 1.54) is 26.3 Å². The number of amides is 1. The zero-order valence-corrected chi connectivity index (χ0v) is 28.7. The minimum absolute atomic E-state index is 0.136. The number of hydrogen-bond acceptors (Lipinski definition) is 7. The maximum Gasteiger partial charge on any atom is 0.412 e. The highest BCUT2D eigenvalue weighted by molar-refractivity contribution is 14.1. The van der Waals surface area contributed by atoms with E-state index in [9.17, 15) is 19.2 Å². The molecule has 2 heterocycles. The number of pyridine rings is 1. The molecule has 47 heavy (non-hydrogen) atoms. The van der Waals surface area contributed by atoms with Crippen molar-refractivity contribution in [1.82, 2.24) is 13.7 Å². The van der Waals surface area contributed by atoms with Crippen LogP contribution in [-0.2, 0) is 18.3 Å². The van der Waals surface area contributed by atoms with Gasteiger partial charge in [-0.15, -0.1) is 0 Å². The van der Waals surface area contributed by atoms with E-state index in [4.69, 9.17) is 14.2 Å². The molecule has 5 aromatic rings. The van der Waals surface area contributed by atoms with Crippen molar-refractivity contribution in [3.05, 3.63) is 118 Å². The number of halogens is 2. The molecular formula is C34H32FIN4O7. The fourth-order valence-corrected chi connectivity index (χ4v) is 5.42. The highest BCUT2D eigenvalue weighted by Crippen LogP contribution is 2.33. The Kier molecular flexibility index (Phi) is 9.29. The van der Waals surface area contributed by atoms with Gasteiger partial charge in [0.1, 0.15) is 39.7 Å². The molecule has 0 aliphatic heterocycles. The van der Waals surface area contributed by atoms with E-state index in [0.29, 0.717) is 26.1 Å². The van der Waals surface area contributed by atoms with Crippen LogP contribution in [0, 0.1) is 16.3 Å². The topological polar surface area (TPSA) is 123 Å². The number of hydrogen-bond donors (Lipinski definition) is 1. The SMILES string of the molecule is COc1ccc(Cn2c(=O)c3c(Oc4cccc(NC(=O)OC(C)(C)C)c4C)cc(=O)n(C)c3n(-c3ccc(I)cc3F)c2=O)cc1. The molecule has 1 N–H and O–H groups in total. The van der Waals surface area contributed by atoms with Gasteiger partial charge in [-0.3, -0.25) is 24.0 Å². The van der Waals surface area contributed by atoms with Gasteiger partial charge in [-0.25, -0.2) is 18.5 Å². The Hall–Kier alpha value is -4.92. The molecule has 11 nitrogen and oxygen atoms in total. The van der Waals surface area contributed by atoms with E-state index in [0.717, 1.165) is 19.8 Å². The molecule has 1 amide bonds. The fourth-order valence-electron chi connectivity index (χ4n) is 4.97. The highest BCUT2D eigenvalue weighted by atomic mass is 127. The maximum atomic E-state index is 15.5. The van der Waals surface area contributed by atoms with Crippen LogP contribution in [0.4, 0.5) is 14.9 Å². The first-order valence-corrected chi connectivity index (χ1v) is 15.5. The molecule has 0 saturated heterocycles. The number of benzene rings is 3. The molecule has 0 saturated carbocycles. The number of nitrogens with one attached hydrogen (secondary N) is 1. The molecule has 0 bridgehead atoms. The number of nitrogens with zero attached hydrogens (tertiary/aromatic N) is 3. The molecule has 244 valence electrons. The zero-order chi connectivity index (χ0) is 34.2. The van der Waals surface area contributed by atoms with E-state index in [-0.39, 0.29) is 34.8 Å². The van der Waals surface area contributed by atoms with E-state index >= 15 is 4.39 Å². The third-order valence-corrected chi connectivity index (χ3v) is 7.93. The predicted molar refractivity (Wildman–Crippen MR) is 185 cm³/mol. The molecule has 0 unspecified atom stereocenters. The summed E-state index contributed by atoms with van der Waals surface area (Å²) < 4.78 is 36.0. The standard InChI is InChI=1S/C34H32FIN4O7/c1-19-24(37-32(43)47-34(2,3)4)8-7-9-26(19)46-27-17-28(41)38(5)30-29(27)31(42)39(18-20-10-13-22(45-6)14-11-20)33(44)40(30)25-15-12-21(36)16-23(25)35/h7-17H,18H2,1-6H3,(H,37,43). The fraction of sp³-hybridized carbons (Fsp3) is 0.235. The second-order valence-corrected chi connectivity index (χ2v) is 13.0. The van der Waals surface area contributed by atoms with Gasteiger partial charge in [0, 0.05) is 22.2 Å². The maximum absolute atomic E-state index is 15.5. The molecule has 0 atom stereocenters. The number of fused-ring (bicyclic) bond motifs is 1. The van der Waals surface area contributed by atoms with Gasteiger partial charge in [0.2, 0.25) is 0 Å². The second-order valence-electron chi connectivity index (χ2n) is 11.7. The number of carbonyl (C=O) groups excluding carboxylic acids is 1. The third-order valence-electron chi connectivity index (χ3n) is 7.26. The van der Waals surface area contributed by atoms with Crippen molar-refractivity contribution in [3.8, 4) is 22.9 Å². The first-order chi connectivity index (χ1) is 22.2. The van der Waals surface area contributed by atoms with E-state index < -0.39 is 34.3 Å². The number of carbonyl (C=O) groups is 1. The number of ether oxygens (including phenoxy) is 3. The van der Waals surface area contributed by atoms with Gasteiger partial charge in [0.05, 0.1) is 25.0 Å². The summed E-state index contributed by atoms with van der Waals surface area (Å²) in [6.45, 7) is 6.74. The quantitative estimate of drug-likeness (QED) is 0.200. The van der Waals surface area contributed by atoms with Crippen LogP contribution in [0.25, 0.3) is 16.7 Å². The summed E-state index contributed by atoms with van der Waals surface area (Å²) in [6.07, 6.45) is -0.679. The summed E-state index contributed by atoms with van der Waals surface area (Å²) in [5.41, 5.74) is -1.82. The Morgan fingerprint density at radius 2 is 1.68 bits per heavy atom. The number of aryl methyl sites for hydroxylation is 1. The van der Waals surface area contributed by atoms with Crippen molar-refractivity contribution in [3.63, 3.8) is 0 Å². The van der Waals surface area contributed by atoms with E-state index in [2.05, 4.69) is 5.32 Å². The second kappa shape index (κ2) is 13.1. The summed E-state index contributed by atoms with van der Waals surface area (Å²) in [5.74, 6) is -0.0888. The van der Waals surface area contributed by atoms with Gasteiger partial charge in [0.15, 0.2) is 0 Å². The van der Waals surface area contributed by atoms with Crippen LogP contribution < -0.4 is 31.6 Å². The lowest BCUT2D eigenvalue weighted by Gasteiger charge is -2.21. The van der Waals surface area contributed by atoms with Crippen molar-refractivity contribution < 1.29 is 23.4 Å². The Bertz CT molecular complexity index is 2200. The molecule has 5 rings (SSSR count). The minimum atomic E-state index is -0.856. The van der Waals surface area contributed by atoms with Gasteiger partial charge in [-0.1, -0.05) is 18.2 Å². The first kappa shape index (κ1) is 33.4. The lowest BCUT2D eigenvalue weighted by molar-refractivity contribution is 0.0636. The monoisotopic (exact) mass is 754 g/mol. The van der Waals surface area contributed by atoms with Crippen molar-refractivity contribution in [1.29, 1.82) is 0 Å². The van der Waals surface area contributed by atoms with Crippen LogP contribution in [0.2, 0.25) is 0 Å². The van der Waals surface area contributed by atoms with Crippen LogP contribution in [0.15, 0.2) is 81.1 Å². The average Bonchev–Trinajstić information content (AvgIpc) is 2.99. The number of rotatable bonds is 7. The average molecular weight is 755 g/mol. The molecule has 2 aromatic heterocycles. The van der Waals surface area contributed by atoms with E-state index in [1.807, 2.05) is 22.6 Å². The molecular weight excluding hydrogens is 722 g/mol. The molecule has 0 fully saturated rings. The van der Waals surface area contributed by atoms with Crippen molar-refractivity contribution in [2.75, 3.05) is 12.4 Å². The van der Waals surface area contributed by atoms with Crippen LogP contribution in [-0.4, -0.2) is 32.5 Å². The highest BCUT2D eigenvalue weighted by Gasteiger charge is 2.24. The minimum Gasteiger partial charge on any atom is -0.497 e. The van der Waals surface area contributed by atoms with Gasteiger partial charge < -0.3 is 14.2 Å². The van der Waals surface area contributed by atoms with Gasteiger partial charge in [-0.2, -0.15) is 0 Å². The summed E-state index contributed by atoms with van der Waals surface area (Å²) in [7, 11) is 2.91. The number of methoxy groups -OCH3 is 1. The lowest BCUT2D eigenvalue weighted by Crippen LogP contribution is -2.42.